The molecule has 0 saturated heterocycles. The van der Waals surface area contributed by atoms with E-state index in [4.69, 9.17) is 5.73 Å². The zero-order valence-corrected chi connectivity index (χ0v) is 10.2. The summed E-state index contributed by atoms with van der Waals surface area (Å²) in [6, 6.07) is 0.336. The number of hydrogen-bond acceptors (Lipinski definition) is 3. The summed E-state index contributed by atoms with van der Waals surface area (Å²) in [5, 5.41) is 3.27. The molecule has 0 spiro atoms. The number of rotatable bonds is 3. The quantitative estimate of drug-likeness (QED) is 0.774. The maximum absolute atomic E-state index is 5.78. The summed E-state index contributed by atoms with van der Waals surface area (Å²) >= 11 is 0. The molecular weight excluding hydrogens is 210 g/mol. The molecule has 4 rings (SSSR count). The highest BCUT2D eigenvalue weighted by Gasteiger charge is 2.41. The maximum Gasteiger partial charge on any atom is 0.108 e. The molecule has 90 valence electrons. The molecule has 0 amide bonds. The van der Waals surface area contributed by atoms with E-state index in [9.17, 15) is 0 Å². The SMILES string of the molecule is CCC1=CCC(C2=CNC3=N[C@@H]2C3CN)C=C1. The van der Waals surface area contributed by atoms with E-state index >= 15 is 0 Å². The molecular formula is C14H19N3. The highest BCUT2D eigenvalue weighted by Crippen LogP contribution is 2.37. The molecule has 0 saturated carbocycles. The van der Waals surface area contributed by atoms with Crippen LogP contribution < -0.4 is 11.1 Å². The van der Waals surface area contributed by atoms with Gasteiger partial charge in [-0.05, 0) is 18.4 Å². The average molecular weight is 229 g/mol. The van der Waals surface area contributed by atoms with Gasteiger partial charge < -0.3 is 11.1 Å². The van der Waals surface area contributed by atoms with E-state index in [1.807, 2.05) is 0 Å². The van der Waals surface area contributed by atoms with E-state index in [-0.39, 0.29) is 0 Å². The first-order valence-electron chi connectivity index (χ1n) is 6.45. The zero-order chi connectivity index (χ0) is 11.8. The molecule has 1 aliphatic carbocycles. The lowest BCUT2D eigenvalue weighted by molar-refractivity contribution is 0.470. The van der Waals surface area contributed by atoms with Gasteiger partial charge in [-0.25, -0.2) is 0 Å². The zero-order valence-electron chi connectivity index (χ0n) is 10.2. The second-order valence-corrected chi connectivity index (χ2v) is 4.92. The minimum absolute atomic E-state index is 0.336. The topological polar surface area (TPSA) is 50.4 Å². The van der Waals surface area contributed by atoms with Crippen LogP contribution in [0.5, 0.6) is 0 Å². The van der Waals surface area contributed by atoms with Gasteiger partial charge in [-0.3, -0.25) is 4.99 Å². The highest BCUT2D eigenvalue weighted by molar-refractivity contribution is 5.93. The summed E-state index contributed by atoms with van der Waals surface area (Å²) in [6.07, 6.45) is 11.3. The average Bonchev–Trinajstić information content (AvgIpc) is 2.39. The van der Waals surface area contributed by atoms with Crippen LogP contribution in [0.1, 0.15) is 19.8 Å². The van der Waals surface area contributed by atoms with E-state index in [0.717, 1.165) is 18.7 Å². The molecule has 0 fully saturated rings. The van der Waals surface area contributed by atoms with Crippen molar-refractivity contribution in [3.05, 3.63) is 35.6 Å². The normalized spacial score (nSPS) is 34.2. The first-order valence-corrected chi connectivity index (χ1v) is 6.45. The third kappa shape index (κ3) is 1.65. The van der Waals surface area contributed by atoms with Crippen LogP contribution in [0.15, 0.2) is 40.6 Å². The number of aliphatic imine (C=N–C) groups is 1. The van der Waals surface area contributed by atoms with Gasteiger partial charge in [0.25, 0.3) is 0 Å². The minimum Gasteiger partial charge on any atom is -0.350 e. The third-order valence-corrected chi connectivity index (χ3v) is 4.01. The fourth-order valence-corrected chi connectivity index (χ4v) is 2.84. The molecule has 3 heterocycles. The van der Waals surface area contributed by atoms with Crippen LogP contribution in [-0.2, 0) is 0 Å². The molecule has 2 bridgehead atoms. The van der Waals surface area contributed by atoms with Crippen molar-refractivity contribution in [3.8, 4) is 0 Å². The van der Waals surface area contributed by atoms with Crippen LogP contribution in [0.3, 0.4) is 0 Å². The number of allylic oxidation sites excluding steroid dienone is 4. The highest BCUT2D eigenvalue weighted by atomic mass is 15.1. The Bertz CT molecular complexity index is 442. The smallest absolute Gasteiger partial charge is 0.108 e. The van der Waals surface area contributed by atoms with E-state index in [1.54, 1.807) is 0 Å². The first kappa shape index (κ1) is 10.8. The summed E-state index contributed by atoms with van der Waals surface area (Å²) in [4.78, 5) is 4.58. The van der Waals surface area contributed by atoms with Crippen molar-refractivity contribution in [2.24, 2.45) is 22.6 Å². The van der Waals surface area contributed by atoms with E-state index in [0.29, 0.717) is 24.4 Å². The van der Waals surface area contributed by atoms with Gasteiger partial charge in [0.15, 0.2) is 0 Å². The number of nitrogens with zero attached hydrogens (tertiary/aromatic N) is 1. The summed E-state index contributed by atoms with van der Waals surface area (Å²) in [5.74, 6) is 2.01. The van der Waals surface area contributed by atoms with Crippen molar-refractivity contribution in [2.45, 2.75) is 25.8 Å². The number of nitrogens with two attached hydrogens (primary N) is 1. The molecule has 3 aliphatic heterocycles. The van der Waals surface area contributed by atoms with Crippen molar-refractivity contribution in [1.29, 1.82) is 0 Å². The van der Waals surface area contributed by atoms with Gasteiger partial charge in [0.2, 0.25) is 0 Å². The molecule has 3 atom stereocenters. The Balaban J connectivity index is 1.74. The Morgan fingerprint density at radius 1 is 1.53 bits per heavy atom. The van der Waals surface area contributed by atoms with Crippen LogP contribution in [0, 0.1) is 11.8 Å². The first-order chi connectivity index (χ1) is 8.33. The van der Waals surface area contributed by atoms with Crippen molar-refractivity contribution < 1.29 is 0 Å². The van der Waals surface area contributed by atoms with E-state index in [2.05, 4.69) is 41.7 Å². The molecule has 3 nitrogen and oxygen atoms in total. The van der Waals surface area contributed by atoms with Crippen molar-refractivity contribution in [1.82, 2.24) is 5.32 Å². The molecule has 3 N–H and O–H groups in total. The van der Waals surface area contributed by atoms with Gasteiger partial charge in [-0.1, -0.05) is 30.7 Å². The largest absolute Gasteiger partial charge is 0.350 e. The van der Waals surface area contributed by atoms with E-state index in [1.165, 1.54) is 11.1 Å². The van der Waals surface area contributed by atoms with Gasteiger partial charge in [-0.2, -0.15) is 0 Å². The molecule has 0 aromatic carbocycles. The van der Waals surface area contributed by atoms with Gasteiger partial charge in [-0.15, -0.1) is 0 Å². The molecule has 17 heavy (non-hydrogen) atoms. The lowest BCUT2D eigenvalue weighted by Crippen LogP contribution is -2.53. The number of hydrogen-bond donors (Lipinski definition) is 2. The maximum atomic E-state index is 5.78. The predicted octanol–water partition coefficient (Wildman–Crippen LogP) is 1.74. The summed E-state index contributed by atoms with van der Waals surface area (Å²) < 4.78 is 0. The molecule has 3 heteroatoms. The van der Waals surface area contributed by atoms with Crippen molar-refractivity contribution >= 4 is 5.84 Å². The second-order valence-electron chi connectivity index (χ2n) is 4.92. The monoisotopic (exact) mass is 229 g/mol. The Kier molecular flexibility index (Phi) is 2.63. The summed E-state index contributed by atoms with van der Waals surface area (Å²) in [7, 11) is 0. The fourth-order valence-electron chi connectivity index (χ4n) is 2.84. The van der Waals surface area contributed by atoms with Crippen LogP contribution >= 0.6 is 0 Å². The van der Waals surface area contributed by atoms with Gasteiger partial charge in [0.05, 0.1) is 12.0 Å². The van der Waals surface area contributed by atoms with Gasteiger partial charge >= 0.3 is 0 Å². The Hall–Kier alpha value is -1.35. The number of nitrogens with one attached hydrogen (secondary N) is 1. The minimum atomic E-state index is 0.336. The van der Waals surface area contributed by atoms with Crippen LogP contribution in [-0.4, -0.2) is 18.4 Å². The number of fused-ring (bicyclic) bond motifs is 1. The van der Waals surface area contributed by atoms with E-state index < -0.39 is 0 Å². The molecule has 0 aromatic rings. The molecule has 4 aliphatic rings. The lowest BCUT2D eigenvalue weighted by atomic mass is 9.76. The van der Waals surface area contributed by atoms with Crippen molar-refractivity contribution in [2.75, 3.05) is 6.54 Å². The van der Waals surface area contributed by atoms with Crippen LogP contribution in [0.4, 0.5) is 0 Å². The molecule has 0 aromatic heterocycles. The number of amidine groups is 1. The Morgan fingerprint density at radius 2 is 2.41 bits per heavy atom. The Morgan fingerprint density at radius 3 is 3.00 bits per heavy atom. The second kappa shape index (κ2) is 4.15. The van der Waals surface area contributed by atoms with Gasteiger partial charge in [0.1, 0.15) is 5.84 Å². The fraction of sp³-hybridized carbons (Fsp3) is 0.500. The standard InChI is InChI=1S/C14H19N3/c1-2-9-3-5-10(6-4-9)12-8-16-14-11(7-15)13(12)17-14/h3-5,8,10-11,13H,2,6-7,15H2,1H3,(H,16,17)/t10?,11?,13-/m1/s1. The summed E-state index contributed by atoms with van der Waals surface area (Å²) in [5.41, 5.74) is 8.63. The predicted molar refractivity (Wildman–Crippen MR) is 70.6 cm³/mol. The lowest BCUT2D eigenvalue weighted by Gasteiger charge is -2.41. The summed E-state index contributed by atoms with van der Waals surface area (Å²) in [6.45, 7) is 2.89. The van der Waals surface area contributed by atoms with Crippen LogP contribution in [0.25, 0.3) is 0 Å². The molecule has 0 radical (unpaired) electrons. The van der Waals surface area contributed by atoms with Crippen LogP contribution in [0.2, 0.25) is 0 Å². The van der Waals surface area contributed by atoms with Gasteiger partial charge in [0, 0.05) is 18.7 Å². The third-order valence-electron chi connectivity index (χ3n) is 4.01. The Labute approximate surface area is 102 Å². The molecule has 2 unspecified atom stereocenters. The van der Waals surface area contributed by atoms with Crippen molar-refractivity contribution in [3.63, 3.8) is 0 Å².